The molecule has 3 nitrogen and oxygen atoms in total. The van der Waals surface area contributed by atoms with Crippen molar-refractivity contribution >= 4 is 0 Å². The molecule has 2 unspecified atom stereocenters. The molecule has 2 saturated heterocycles. The molecular weight excluding hydrogens is 210 g/mol. The van der Waals surface area contributed by atoms with E-state index in [0.29, 0.717) is 0 Å². The van der Waals surface area contributed by atoms with Crippen LogP contribution in [0.5, 0.6) is 0 Å². The number of rotatable bonds is 2. The summed E-state index contributed by atoms with van der Waals surface area (Å²) in [5.74, 6) is 0.877. The molecule has 3 rings (SSSR count). The summed E-state index contributed by atoms with van der Waals surface area (Å²) in [6.45, 7) is 6.80. The molecule has 17 heavy (non-hydrogen) atoms. The van der Waals surface area contributed by atoms with Crippen LogP contribution in [0.15, 0.2) is 18.3 Å². The number of fused-ring (bicyclic) bond motifs is 1. The van der Waals surface area contributed by atoms with Gasteiger partial charge in [0, 0.05) is 31.0 Å². The van der Waals surface area contributed by atoms with Crippen molar-refractivity contribution < 1.29 is 0 Å². The Hall–Kier alpha value is -0.930. The number of aryl methyl sites for hydroxylation is 1. The van der Waals surface area contributed by atoms with E-state index in [1.54, 1.807) is 0 Å². The van der Waals surface area contributed by atoms with E-state index in [1.165, 1.54) is 38.0 Å². The second-order valence-corrected chi connectivity index (χ2v) is 5.44. The van der Waals surface area contributed by atoms with Crippen LogP contribution in [0.3, 0.4) is 0 Å². The van der Waals surface area contributed by atoms with Crippen molar-refractivity contribution in [3.8, 4) is 0 Å². The number of hydrogen-bond donors (Lipinski definition) is 1. The number of nitrogens with one attached hydrogen (secondary N) is 1. The summed E-state index contributed by atoms with van der Waals surface area (Å²) in [5, 5.41) is 3.61. The molecule has 2 atom stereocenters. The monoisotopic (exact) mass is 231 g/mol. The third kappa shape index (κ3) is 2.50. The van der Waals surface area contributed by atoms with E-state index in [1.807, 2.05) is 13.1 Å². The van der Waals surface area contributed by atoms with Crippen molar-refractivity contribution in [3.63, 3.8) is 0 Å². The van der Waals surface area contributed by atoms with Gasteiger partial charge in [-0.15, -0.1) is 0 Å². The summed E-state index contributed by atoms with van der Waals surface area (Å²) < 4.78 is 0. The zero-order valence-corrected chi connectivity index (χ0v) is 10.5. The fourth-order valence-electron chi connectivity index (χ4n) is 3.12. The predicted octanol–water partition coefficient (Wildman–Crippen LogP) is 1.57. The van der Waals surface area contributed by atoms with Gasteiger partial charge in [0.05, 0.1) is 0 Å². The molecule has 3 heteroatoms. The summed E-state index contributed by atoms with van der Waals surface area (Å²) in [6.07, 6.45) is 4.69. The molecule has 0 radical (unpaired) electrons. The van der Waals surface area contributed by atoms with Crippen LogP contribution in [0, 0.1) is 12.8 Å². The first-order chi connectivity index (χ1) is 8.31. The maximum absolute atomic E-state index is 4.37. The van der Waals surface area contributed by atoms with E-state index in [9.17, 15) is 0 Å². The van der Waals surface area contributed by atoms with Crippen LogP contribution in [-0.2, 0) is 6.54 Å². The maximum atomic E-state index is 4.37. The molecule has 92 valence electrons. The van der Waals surface area contributed by atoms with Crippen molar-refractivity contribution in [2.45, 2.75) is 32.4 Å². The summed E-state index contributed by atoms with van der Waals surface area (Å²) in [5.41, 5.74) is 2.45. The summed E-state index contributed by atoms with van der Waals surface area (Å²) in [6, 6.07) is 5.11. The van der Waals surface area contributed by atoms with Gasteiger partial charge in [0.1, 0.15) is 0 Å². The van der Waals surface area contributed by atoms with Crippen molar-refractivity contribution in [2.75, 3.05) is 19.6 Å². The van der Waals surface area contributed by atoms with Crippen molar-refractivity contribution in [2.24, 2.45) is 5.92 Å². The number of likely N-dealkylation sites (tertiary alicyclic amines) is 1. The Bertz CT molecular complexity index is 374. The van der Waals surface area contributed by atoms with Crippen LogP contribution in [0.4, 0.5) is 0 Å². The van der Waals surface area contributed by atoms with E-state index in [-0.39, 0.29) is 0 Å². The molecule has 1 aromatic rings. The van der Waals surface area contributed by atoms with E-state index in [2.05, 4.69) is 27.3 Å². The van der Waals surface area contributed by atoms with Crippen LogP contribution in [0.2, 0.25) is 0 Å². The van der Waals surface area contributed by atoms with Gasteiger partial charge < -0.3 is 5.32 Å². The Morgan fingerprint density at radius 1 is 1.41 bits per heavy atom. The smallest absolute Gasteiger partial charge is 0.0372 e. The first kappa shape index (κ1) is 11.2. The van der Waals surface area contributed by atoms with Gasteiger partial charge in [0.25, 0.3) is 0 Å². The standard InChI is InChI=1S/C14H21N3/c1-11-2-3-12(8-16-11)9-17-7-5-14-13(10-17)4-6-15-14/h2-3,8,13-15H,4-7,9-10H2,1H3. The van der Waals surface area contributed by atoms with Gasteiger partial charge in [0.15, 0.2) is 0 Å². The van der Waals surface area contributed by atoms with Crippen LogP contribution in [0.25, 0.3) is 0 Å². The lowest BCUT2D eigenvalue weighted by Gasteiger charge is -2.34. The highest BCUT2D eigenvalue weighted by Crippen LogP contribution is 2.25. The Morgan fingerprint density at radius 3 is 3.18 bits per heavy atom. The van der Waals surface area contributed by atoms with Gasteiger partial charge >= 0.3 is 0 Å². The van der Waals surface area contributed by atoms with Gasteiger partial charge in [-0.05, 0) is 50.4 Å². The van der Waals surface area contributed by atoms with Gasteiger partial charge in [-0.2, -0.15) is 0 Å². The minimum atomic E-state index is 0.794. The molecular formula is C14H21N3. The molecule has 2 aliphatic rings. The number of aromatic nitrogens is 1. The molecule has 0 amide bonds. The van der Waals surface area contributed by atoms with Crippen molar-refractivity contribution in [1.29, 1.82) is 0 Å². The fourth-order valence-corrected chi connectivity index (χ4v) is 3.12. The quantitative estimate of drug-likeness (QED) is 0.837. The highest BCUT2D eigenvalue weighted by molar-refractivity contribution is 5.13. The zero-order valence-electron chi connectivity index (χ0n) is 10.5. The maximum Gasteiger partial charge on any atom is 0.0372 e. The highest BCUT2D eigenvalue weighted by atomic mass is 15.2. The number of piperidine rings is 1. The first-order valence-electron chi connectivity index (χ1n) is 6.68. The molecule has 0 bridgehead atoms. The largest absolute Gasteiger partial charge is 0.314 e. The van der Waals surface area contributed by atoms with Crippen LogP contribution >= 0.6 is 0 Å². The van der Waals surface area contributed by atoms with Crippen LogP contribution < -0.4 is 5.32 Å². The van der Waals surface area contributed by atoms with E-state index < -0.39 is 0 Å². The van der Waals surface area contributed by atoms with Gasteiger partial charge in [-0.3, -0.25) is 9.88 Å². The minimum absolute atomic E-state index is 0.794. The summed E-state index contributed by atoms with van der Waals surface area (Å²) in [7, 11) is 0. The molecule has 2 aliphatic heterocycles. The Kier molecular flexibility index (Phi) is 3.12. The molecule has 3 heterocycles. The van der Waals surface area contributed by atoms with Gasteiger partial charge in [-0.25, -0.2) is 0 Å². The Morgan fingerprint density at radius 2 is 2.35 bits per heavy atom. The fraction of sp³-hybridized carbons (Fsp3) is 0.643. The number of nitrogens with zero attached hydrogens (tertiary/aromatic N) is 2. The van der Waals surface area contributed by atoms with Crippen molar-refractivity contribution in [1.82, 2.24) is 15.2 Å². The Balaban J connectivity index is 1.60. The van der Waals surface area contributed by atoms with E-state index >= 15 is 0 Å². The predicted molar refractivity (Wildman–Crippen MR) is 68.8 cm³/mol. The molecule has 0 saturated carbocycles. The average molecular weight is 231 g/mol. The topological polar surface area (TPSA) is 28.2 Å². The molecule has 0 spiro atoms. The number of pyridine rings is 1. The van der Waals surface area contributed by atoms with E-state index in [0.717, 1.165) is 24.2 Å². The lowest BCUT2D eigenvalue weighted by atomic mass is 9.93. The SMILES string of the molecule is Cc1ccc(CN2CCC3NCCC3C2)cn1. The third-order valence-corrected chi connectivity index (χ3v) is 4.12. The van der Waals surface area contributed by atoms with Crippen molar-refractivity contribution in [3.05, 3.63) is 29.6 Å². The highest BCUT2D eigenvalue weighted by Gasteiger charge is 2.32. The zero-order chi connectivity index (χ0) is 11.7. The molecule has 0 aliphatic carbocycles. The van der Waals surface area contributed by atoms with Crippen LogP contribution in [-0.4, -0.2) is 35.6 Å². The molecule has 0 aromatic carbocycles. The normalized spacial score (nSPS) is 29.2. The van der Waals surface area contributed by atoms with Gasteiger partial charge in [0.2, 0.25) is 0 Å². The lowest BCUT2D eigenvalue weighted by molar-refractivity contribution is 0.156. The third-order valence-electron chi connectivity index (χ3n) is 4.12. The second-order valence-electron chi connectivity index (χ2n) is 5.44. The summed E-state index contributed by atoms with van der Waals surface area (Å²) in [4.78, 5) is 6.96. The lowest BCUT2D eigenvalue weighted by Crippen LogP contribution is -2.43. The first-order valence-corrected chi connectivity index (χ1v) is 6.68. The second kappa shape index (κ2) is 4.75. The van der Waals surface area contributed by atoms with E-state index in [4.69, 9.17) is 0 Å². The van der Waals surface area contributed by atoms with Gasteiger partial charge in [-0.1, -0.05) is 6.07 Å². The average Bonchev–Trinajstić information content (AvgIpc) is 2.79. The minimum Gasteiger partial charge on any atom is -0.314 e. The molecule has 1 N–H and O–H groups in total. The Labute approximate surface area is 103 Å². The van der Waals surface area contributed by atoms with Crippen LogP contribution in [0.1, 0.15) is 24.1 Å². The summed E-state index contributed by atoms with van der Waals surface area (Å²) >= 11 is 0. The molecule has 2 fully saturated rings. The molecule has 1 aromatic heterocycles. The number of hydrogen-bond acceptors (Lipinski definition) is 3.